The van der Waals surface area contributed by atoms with E-state index in [-0.39, 0.29) is 11.6 Å². The third-order valence-electron chi connectivity index (χ3n) is 4.23. The van der Waals surface area contributed by atoms with Crippen molar-refractivity contribution in [3.8, 4) is 6.07 Å². The van der Waals surface area contributed by atoms with Gasteiger partial charge in [0.05, 0.1) is 5.69 Å². The van der Waals surface area contributed by atoms with Crippen LogP contribution in [0.2, 0.25) is 0 Å². The van der Waals surface area contributed by atoms with E-state index in [1.807, 2.05) is 30.1 Å². The van der Waals surface area contributed by atoms with Gasteiger partial charge in [-0.3, -0.25) is 0 Å². The Morgan fingerprint density at radius 2 is 2.26 bits per heavy atom. The second-order valence-corrected chi connectivity index (χ2v) is 5.70. The fourth-order valence-corrected chi connectivity index (χ4v) is 3.13. The molecule has 2 heterocycles. The molecule has 3 rings (SSSR count). The Bertz CT molecular complexity index is 713. The summed E-state index contributed by atoms with van der Waals surface area (Å²) in [6.45, 7) is 1.64. The number of rotatable bonds is 4. The lowest BCUT2D eigenvalue weighted by atomic mass is 10.1. The summed E-state index contributed by atoms with van der Waals surface area (Å²) in [7, 11) is 1.89. The molecular formula is C17H18FN5. The molecule has 23 heavy (non-hydrogen) atoms. The van der Waals surface area contributed by atoms with Crippen LogP contribution in [0.1, 0.15) is 18.4 Å². The number of aromatic nitrogens is 2. The Morgan fingerprint density at radius 1 is 1.39 bits per heavy atom. The molecule has 1 aromatic heterocycles. The summed E-state index contributed by atoms with van der Waals surface area (Å²) < 4.78 is 13.8. The number of hydrogen-bond acceptors (Lipinski definition) is 5. The first-order valence-electron chi connectivity index (χ1n) is 7.65. The second kappa shape index (κ2) is 6.61. The van der Waals surface area contributed by atoms with Gasteiger partial charge in [-0.05, 0) is 37.1 Å². The van der Waals surface area contributed by atoms with E-state index < -0.39 is 5.82 Å². The van der Waals surface area contributed by atoms with E-state index in [0.717, 1.165) is 25.2 Å². The zero-order chi connectivity index (χ0) is 16.2. The van der Waals surface area contributed by atoms with Gasteiger partial charge >= 0.3 is 0 Å². The molecule has 1 aliphatic rings. The Morgan fingerprint density at radius 3 is 3.00 bits per heavy atom. The minimum atomic E-state index is -0.478. The number of hydrogen-bond donors (Lipinski definition) is 0. The average molecular weight is 311 g/mol. The minimum Gasteiger partial charge on any atom is -0.371 e. The van der Waals surface area contributed by atoms with Crippen LogP contribution in [-0.4, -0.2) is 36.4 Å². The predicted molar refractivity (Wildman–Crippen MR) is 86.8 cm³/mol. The number of nitriles is 1. The van der Waals surface area contributed by atoms with Crippen LogP contribution < -0.4 is 9.80 Å². The first kappa shape index (κ1) is 15.2. The number of nitrogens with zero attached hydrogens (tertiary/aromatic N) is 5. The normalized spacial score (nSPS) is 17.1. The Hall–Kier alpha value is -2.68. The molecule has 1 aliphatic heterocycles. The van der Waals surface area contributed by atoms with E-state index in [0.29, 0.717) is 12.2 Å². The molecule has 118 valence electrons. The van der Waals surface area contributed by atoms with Gasteiger partial charge in [-0.2, -0.15) is 10.4 Å². The average Bonchev–Trinajstić information content (AvgIpc) is 3.03. The van der Waals surface area contributed by atoms with Crippen molar-refractivity contribution >= 4 is 11.5 Å². The lowest BCUT2D eigenvalue weighted by Crippen LogP contribution is -2.39. The Kier molecular flexibility index (Phi) is 4.38. The van der Waals surface area contributed by atoms with Crippen LogP contribution >= 0.6 is 0 Å². The van der Waals surface area contributed by atoms with Gasteiger partial charge in [-0.1, -0.05) is 6.07 Å². The number of benzene rings is 1. The molecule has 0 spiro atoms. The van der Waals surface area contributed by atoms with Crippen molar-refractivity contribution in [2.75, 3.05) is 29.9 Å². The molecule has 1 unspecified atom stereocenters. The minimum absolute atomic E-state index is 0.0963. The van der Waals surface area contributed by atoms with Gasteiger partial charge in [0.1, 0.15) is 17.4 Å². The van der Waals surface area contributed by atoms with E-state index in [4.69, 9.17) is 0 Å². The highest BCUT2D eigenvalue weighted by molar-refractivity contribution is 5.59. The summed E-state index contributed by atoms with van der Waals surface area (Å²) in [5.74, 6) is 0.386. The van der Waals surface area contributed by atoms with E-state index >= 15 is 0 Å². The van der Waals surface area contributed by atoms with Gasteiger partial charge in [0, 0.05) is 32.4 Å². The predicted octanol–water partition coefficient (Wildman–Crippen LogP) is 2.59. The van der Waals surface area contributed by atoms with E-state index in [2.05, 4.69) is 15.1 Å². The maximum Gasteiger partial charge on any atom is 0.151 e. The molecule has 1 saturated heterocycles. The van der Waals surface area contributed by atoms with Crippen molar-refractivity contribution in [2.24, 2.45) is 0 Å². The third kappa shape index (κ3) is 3.09. The lowest BCUT2D eigenvalue weighted by Gasteiger charge is -2.30. The van der Waals surface area contributed by atoms with Gasteiger partial charge in [0.25, 0.3) is 0 Å². The molecule has 0 amide bonds. The van der Waals surface area contributed by atoms with Gasteiger partial charge in [0.2, 0.25) is 0 Å². The topological polar surface area (TPSA) is 56.1 Å². The Balaban J connectivity index is 1.79. The molecule has 1 aromatic carbocycles. The largest absolute Gasteiger partial charge is 0.371 e. The van der Waals surface area contributed by atoms with Crippen molar-refractivity contribution < 1.29 is 4.39 Å². The third-order valence-corrected chi connectivity index (χ3v) is 4.23. The molecule has 0 N–H and O–H groups in total. The summed E-state index contributed by atoms with van der Waals surface area (Å²) in [4.78, 5) is 4.18. The zero-order valence-electron chi connectivity index (χ0n) is 13.0. The van der Waals surface area contributed by atoms with Crippen molar-refractivity contribution in [3.05, 3.63) is 47.9 Å². The molecular weight excluding hydrogens is 293 g/mol. The van der Waals surface area contributed by atoms with Crippen molar-refractivity contribution in [1.29, 1.82) is 5.26 Å². The van der Waals surface area contributed by atoms with Crippen molar-refractivity contribution in [2.45, 2.75) is 18.9 Å². The summed E-state index contributed by atoms with van der Waals surface area (Å²) in [5.41, 5.74) is 0.720. The van der Waals surface area contributed by atoms with E-state index in [9.17, 15) is 9.65 Å². The molecule has 2 aromatic rings. The van der Waals surface area contributed by atoms with Crippen LogP contribution in [0.15, 0.2) is 36.5 Å². The highest BCUT2D eigenvalue weighted by Gasteiger charge is 2.27. The van der Waals surface area contributed by atoms with Gasteiger partial charge < -0.3 is 9.80 Å². The van der Waals surface area contributed by atoms with Crippen molar-refractivity contribution in [3.63, 3.8) is 0 Å². The molecule has 0 bridgehead atoms. The summed E-state index contributed by atoms with van der Waals surface area (Å²) in [6, 6.07) is 10.8. The van der Waals surface area contributed by atoms with E-state index in [1.165, 1.54) is 6.07 Å². The number of anilines is 2. The quantitative estimate of drug-likeness (QED) is 0.868. The van der Waals surface area contributed by atoms with Crippen LogP contribution in [0.4, 0.5) is 15.9 Å². The summed E-state index contributed by atoms with van der Waals surface area (Å²) >= 11 is 0. The SMILES string of the molecule is CN(CC1CCCN1c1cccnn1)c1cccc(F)c1C#N. The summed E-state index contributed by atoms with van der Waals surface area (Å²) in [6.07, 6.45) is 3.79. The van der Waals surface area contributed by atoms with Crippen LogP contribution in [0.25, 0.3) is 0 Å². The lowest BCUT2D eigenvalue weighted by molar-refractivity contribution is 0.618. The van der Waals surface area contributed by atoms with Crippen LogP contribution in [-0.2, 0) is 0 Å². The molecule has 0 radical (unpaired) electrons. The first-order valence-corrected chi connectivity index (χ1v) is 7.65. The van der Waals surface area contributed by atoms with Crippen LogP contribution in [0.5, 0.6) is 0 Å². The van der Waals surface area contributed by atoms with Gasteiger partial charge in [-0.15, -0.1) is 5.10 Å². The molecule has 6 heteroatoms. The maximum atomic E-state index is 13.8. The van der Waals surface area contributed by atoms with Gasteiger partial charge in [-0.25, -0.2) is 4.39 Å². The highest BCUT2D eigenvalue weighted by Crippen LogP contribution is 2.27. The number of likely N-dealkylation sites (N-methyl/N-ethyl adjacent to an activating group) is 1. The zero-order valence-corrected chi connectivity index (χ0v) is 13.0. The molecule has 5 nitrogen and oxygen atoms in total. The summed E-state index contributed by atoms with van der Waals surface area (Å²) in [5, 5.41) is 17.3. The molecule has 0 saturated carbocycles. The van der Waals surface area contributed by atoms with Crippen molar-refractivity contribution in [1.82, 2.24) is 10.2 Å². The van der Waals surface area contributed by atoms with E-state index in [1.54, 1.807) is 18.3 Å². The van der Waals surface area contributed by atoms with Gasteiger partial charge in [0.15, 0.2) is 5.82 Å². The fraction of sp³-hybridized carbons (Fsp3) is 0.353. The number of halogens is 1. The maximum absolute atomic E-state index is 13.8. The fourth-order valence-electron chi connectivity index (χ4n) is 3.13. The monoisotopic (exact) mass is 311 g/mol. The standard InChI is InChI=1S/C17H18FN5/c1-22(16-7-2-6-15(18)14(16)11-19)12-13-5-4-10-23(13)17-8-3-9-20-21-17/h2-3,6-9,13H,4-5,10,12H2,1H3. The smallest absolute Gasteiger partial charge is 0.151 e. The Labute approximate surface area is 135 Å². The molecule has 1 atom stereocenters. The first-order chi connectivity index (χ1) is 11.2. The molecule has 1 fully saturated rings. The highest BCUT2D eigenvalue weighted by atomic mass is 19.1. The second-order valence-electron chi connectivity index (χ2n) is 5.70. The van der Waals surface area contributed by atoms with Crippen LogP contribution in [0.3, 0.4) is 0 Å². The molecule has 0 aliphatic carbocycles. The van der Waals surface area contributed by atoms with Crippen LogP contribution in [0, 0.1) is 17.1 Å².